The molecule has 132 valence electrons. The number of carbonyl (C=O) groups excluding carboxylic acids is 1. The summed E-state index contributed by atoms with van der Waals surface area (Å²) < 4.78 is 5.32. The molecule has 2 aromatic rings. The summed E-state index contributed by atoms with van der Waals surface area (Å²) in [7, 11) is 0. The van der Waals surface area contributed by atoms with Crippen molar-refractivity contribution in [2.75, 3.05) is 43.1 Å². The largest absolute Gasteiger partial charge is 0.387 e. The second-order valence-electron chi connectivity index (χ2n) is 5.77. The second kappa shape index (κ2) is 8.46. The monoisotopic (exact) mass is 342 g/mol. The van der Waals surface area contributed by atoms with Crippen LogP contribution >= 0.6 is 0 Å². The molecule has 2 heterocycles. The highest BCUT2D eigenvalue weighted by molar-refractivity contribution is 5.89. The Labute approximate surface area is 146 Å². The predicted molar refractivity (Wildman–Crippen MR) is 95.7 cm³/mol. The third-order valence-corrected chi connectivity index (χ3v) is 3.98. The maximum Gasteiger partial charge on any atom is 0.319 e. The first-order valence-corrected chi connectivity index (χ1v) is 8.29. The number of anilines is 2. The minimum Gasteiger partial charge on any atom is -0.387 e. The van der Waals surface area contributed by atoms with Gasteiger partial charge in [-0.3, -0.25) is 0 Å². The number of benzene rings is 1. The van der Waals surface area contributed by atoms with Gasteiger partial charge in [0.05, 0.1) is 31.2 Å². The summed E-state index contributed by atoms with van der Waals surface area (Å²) in [6.45, 7) is 3.17. The molecule has 1 aromatic heterocycles. The van der Waals surface area contributed by atoms with Crippen LogP contribution in [0, 0.1) is 0 Å². The molecule has 0 spiro atoms. The summed E-state index contributed by atoms with van der Waals surface area (Å²) >= 11 is 0. The number of nitrogens with one attached hydrogen (secondary N) is 2. The number of morpholine rings is 1. The van der Waals surface area contributed by atoms with Gasteiger partial charge in [-0.2, -0.15) is 0 Å². The fourth-order valence-electron chi connectivity index (χ4n) is 2.60. The normalized spacial score (nSPS) is 15.5. The zero-order chi connectivity index (χ0) is 17.5. The van der Waals surface area contributed by atoms with E-state index >= 15 is 0 Å². The molecule has 7 heteroatoms. The van der Waals surface area contributed by atoms with Crippen LogP contribution in [0.1, 0.15) is 11.7 Å². The molecule has 3 rings (SSSR count). The number of rotatable bonds is 5. The number of hydrogen-bond donors (Lipinski definition) is 3. The quantitative estimate of drug-likeness (QED) is 0.771. The van der Waals surface area contributed by atoms with Gasteiger partial charge in [-0.1, -0.05) is 30.3 Å². The molecular formula is C18H22N4O3. The molecule has 1 fully saturated rings. The van der Waals surface area contributed by atoms with Crippen molar-refractivity contribution in [1.29, 1.82) is 0 Å². The molecule has 1 aliphatic heterocycles. The van der Waals surface area contributed by atoms with Crippen molar-refractivity contribution in [3.05, 3.63) is 54.2 Å². The highest BCUT2D eigenvalue weighted by atomic mass is 16.5. The number of ether oxygens (including phenoxy) is 1. The number of aliphatic hydroxyl groups is 1. The van der Waals surface area contributed by atoms with Crippen molar-refractivity contribution < 1.29 is 14.6 Å². The van der Waals surface area contributed by atoms with E-state index in [2.05, 4.69) is 20.5 Å². The van der Waals surface area contributed by atoms with Crippen LogP contribution in [0.4, 0.5) is 16.3 Å². The first-order chi connectivity index (χ1) is 12.2. The topological polar surface area (TPSA) is 86.7 Å². The minimum atomic E-state index is -0.742. The molecule has 0 unspecified atom stereocenters. The van der Waals surface area contributed by atoms with E-state index in [9.17, 15) is 9.90 Å². The predicted octanol–water partition coefficient (Wildman–Crippen LogP) is 1.77. The SMILES string of the molecule is O=C(NC[C@@H](O)c1ccccc1)Nc1ccc(N2CCOCC2)nc1. The zero-order valence-corrected chi connectivity index (χ0v) is 13.9. The summed E-state index contributed by atoms with van der Waals surface area (Å²) in [6, 6.07) is 12.5. The Kier molecular flexibility index (Phi) is 5.81. The minimum absolute atomic E-state index is 0.134. The van der Waals surface area contributed by atoms with Gasteiger partial charge in [0.15, 0.2) is 0 Å². The van der Waals surface area contributed by atoms with Crippen LogP contribution in [-0.2, 0) is 4.74 Å². The Balaban J connectivity index is 1.47. The maximum atomic E-state index is 11.9. The van der Waals surface area contributed by atoms with Crippen LogP contribution in [0.3, 0.4) is 0 Å². The Morgan fingerprint density at radius 2 is 1.96 bits per heavy atom. The molecule has 1 aliphatic rings. The van der Waals surface area contributed by atoms with Gasteiger partial charge < -0.3 is 25.4 Å². The van der Waals surface area contributed by atoms with Crippen LogP contribution in [0.2, 0.25) is 0 Å². The van der Waals surface area contributed by atoms with Crippen molar-refractivity contribution in [2.24, 2.45) is 0 Å². The fourth-order valence-corrected chi connectivity index (χ4v) is 2.60. The molecule has 0 aliphatic carbocycles. The van der Waals surface area contributed by atoms with Crippen molar-refractivity contribution >= 4 is 17.5 Å². The number of carbonyl (C=O) groups is 1. The number of urea groups is 1. The molecule has 2 amide bonds. The van der Waals surface area contributed by atoms with Crippen molar-refractivity contribution in [3.63, 3.8) is 0 Å². The molecule has 1 atom stereocenters. The van der Waals surface area contributed by atoms with Crippen molar-refractivity contribution in [1.82, 2.24) is 10.3 Å². The lowest BCUT2D eigenvalue weighted by molar-refractivity contribution is 0.122. The van der Waals surface area contributed by atoms with Gasteiger partial charge in [-0.25, -0.2) is 9.78 Å². The molecule has 1 aromatic carbocycles. The molecule has 0 radical (unpaired) electrons. The summed E-state index contributed by atoms with van der Waals surface area (Å²) in [6.07, 6.45) is 0.881. The number of pyridine rings is 1. The van der Waals surface area contributed by atoms with Gasteiger partial charge in [0.25, 0.3) is 0 Å². The van der Waals surface area contributed by atoms with E-state index in [1.165, 1.54) is 0 Å². The van der Waals surface area contributed by atoms with E-state index in [0.717, 1.165) is 24.5 Å². The summed E-state index contributed by atoms with van der Waals surface area (Å²) in [5, 5.41) is 15.4. The number of nitrogens with zero attached hydrogens (tertiary/aromatic N) is 2. The summed E-state index contributed by atoms with van der Waals surface area (Å²) in [5.74, 6) is 0.869. The van der Waals surface area contributed by atoms with Crippen LogP contribution in [-0.4, -0.2) is 49.0 Å². The van der Waals surface area contributed by atoms with Gasteiger partial charge in [0.2, 0.25) is 0 Å². The Bertz CT molecular complexity index is 672. The fraction of sp³-hybridized carbons (Fsp3) is 0.333. The highest BCUT2D eigenvalue weighted by Crippen LogP contribution is 2.15. The summed E-state index contributed by atoms with van der Waals surface area (Å²) in [4.78, 5) is 18.5. The Hall–Kier alpha value is -2.64. The number of aliphatic hydroxyl groups excluding tert-OH is 1. The lowest BCUT2D eigenvalue weighted by Gasteiger charge is -2.27. The molecule has 3 N–H and O–H groups in total. The van der Waals surface area contributed by atoms with Crippen LogP contribution < -0.4 is 15.5 Å². The van der Waals surface area contributed by atoms with Crippen LogP contribution in [0.25, 0.3) is 0 Å². The molecule has 0 saturated carbocycles. The highest BCUT2D eigenvalue weighted by Gasteiger charge is 2.13. The van der Waals surface area contributed by atoms with Crippen LogP contribution in [0.15, 0.2) is 48.7 Å². The Morgan fingerprint density at radius 1 is 1.20 bits per heavy atom. The van der Waals surface area contributed by atoms with Gasteiger partial charge in [-0.15, -0.1) is 0 Å². The van der Waals surface area contributed by atoms with Gasteiger partial charge in [-0.05, 0) is 17.7 Å². The standard InChI is InChI=1S/C18H22N4O3/c23-16(14-4-2-1-3-5-14)13-20-18(24)21-15-6-7-17(19-12-15)22-8-10-25-11-9-22/h1-7,12,16,23H,8-11,13H2,(H2,20,21,24)/t16-/m1/s1. The first kappa shape index (κ1) is 17.2. The van der Waals surface area contributed by atoms with Gasteiger partial charge in [0.1, 0.15) is 5.82 Å². The molecule has 25 heavy (non-hydrogen) atoms. The Morgan fingerprint density at radius 3 is 2.64 bits per heavy atom. The van der Waals surface area contributed by atoms with Gasteiger partial charge >= 0.3 is 6.03 Å². The van der Waals surface area contributed by atoms with E-state index in [-0.39, 0.29) is 12.6 Å². The summed E-state index contributed by atoms with van der Waals surface area (Å²) in [5.41, 5.74) is 1.36. The number of amides is 2. The molecule has 0 bridgehead atoms. The molecule has 1 saturated heterocycles. The third-order valence-electron chi connectivity index (χ3n) is 3.98. The van der Waals surface area contributed by atoms with Gasteiger partial charge in [0, 0.05) is 19.6 Å². The van der Waals surface area contributed by atoms with E-state index < -0.39 is 6.10 Å². The zero-order valence-electron chi connectivity index (χ0n) is 13.9. The average molecular weight is 342 g/mol. The average Bonchev–Trinajstić information content (AvgIpc) is 2.68. The van der Waals surface area contributed by atoms with E-state index in [0.29, 0.717) is 18.9 Å². The lowest BCUT2D eigenvalue weighted by atomic mass is 10.1. The smallest absolute Gasteiger partial charge is 0.319 e. The van der Waals surface area contributed by atoms with E-state index in [4.69, 9.17) is 4.74 Å². The van der Waals surface area contributed by atoms with E-state index in [1.54, 1.807) is 6.20 Å². The van der Waals surface area contributed by atoms with Crippen molar-refractivity contribution in [2.45, 2.75) is 6.10 Å². The van der Waals surface area contributed by atoms with Crippen LogP contribution in [0.5, 0.6) is 0 Å². The molecular weight excluding hydrogens is 320 g/mol. The molecule has 7 nitrogen and oxygen atoms in total. The first-order valence-electron chi connectivity index (χ1n) is 8.29. The number of hydrogen-bond acceptors (Lipinski definition) is 5. The van der Waals surface area contributed by atoms with Crippen molar-refractivity contribution in [3.8, 4) is 0 Å². The number of aromatic nitrogens is 1. The van der Waals surface area contributed by atoms with E-state index in [1.807, 2.05) is 42.5 Å². The lowest BCUT2D eigenvalue weighted by Crippen LogP contribution is -2.36. The third kappa shape index (κ3) is 4.91. The second-order valence-corrected chi connectivity index (χ2v) is 5.77. The maximum absolute atomic E-state index is 11.9.